The number of rotatable bonds is 11. The number of nitrogens with zero attached hydrogens (tertiary/aromatic N) is 3. The van der Waals surface area contributed by atoms with Crippen LogP contribution in [0.2, 0.25) is 0 Å². The normalized spacial score (nSPS) is 11.5. The Morgan fingerprint density at radius 3 is 0.909 bits per heavy atom. The highest BCUT2D eigenvalue weighted by molar-refractivity contribution is 6.14. The van der Waals surface area contributed by atoms with E-state index in [1.165, 1.54) is 60.6 Å². The Labute approximate surface area is 390 Å². The van der Waals surface area contributed by atoms with Crippen LogP contribution in [-0.2, 0) is 5.41 Å². The molecule has 0 saturated carbocycles. The van der Waals surface area contributed by atoms with Crippen LogP contribution in [0.3, 0.4) is 0 Å². The van der Waals surface area contributed by atoms with Gasteiger partial charge in [0.25, 0.3) is 0 Å². The zero-order valence-corrected chi connectivity index (χ0v) is 38.7. The van der Waals surface area contributed by atoms with Gasteiger partial charge in [-0.1, -0.05) is 157 Å². The molecule has 10 aromatic carbocycles. The molecule has 0 amide bonds. The van der Waals surface area contributed by atoms with Gasteiger partial charge in [0.1, 0.15) is 0 Å². The molecule has 0 aromatic heterocycles. The van der Waals surface area contributed by atoms with Crippen LogP contribution in [0.1, 0.15) is 47.2 Å². The molecule has 0 fully saturated rings. The van der Waals surface area contributed by atoms with Gasteiger partial charge in [0.05, 0.1) is 5.69 Å². The highest BCUT2D eigenvalue weighted by atomic mass is 15.2. The standard InChI is InChI=1S/C63H55N3/c1-44-15-27-51(28-16-44)64(52-29-17-45(2)18-30-52)55-39-41-56(42-40-55)65(53-31-19-46(3)20-32-53)54-35-23-49(24-36-54)63(5,6)50-25-37-58(38-26-50)66(57-33-21-47(4)22-34-57)62-43-48-11-7-8-12-59(48)60-13-9-10-14-61(60)62/h7-43H,1-6H3. The summed E-state index contributed by atoms with van der Waals surface area (Å²) in [5.74, 6) is 0. The second-order valence-corrected chi connectivity index (χ2v) is 18.2. The molecule has 322 valence electrons. The molecule has 3 nitrogen and oxygen atoms in total. The fourth-order valence-electron chi connectivity index (χ4n) is 9.29. The first-order valence-corrected chi connectivity index (χ1v) is 23.0. The van der Waals surface area contributed by atoms with E-state index in [0.29, 0.717) is 0 Å². The Morgan fingerprint density at radius 2 is 0.545 bits per heavy atom. The molecule has 0 aliphatic rings. The maximum atomic E-state index is 2.41. The molecule has 10 rings (SSSR count). The van der Waals surface area contributed by atoms with Gasteiger partial charge in [-0.25, -0.2) is 0 Å². The van der Waals surface area contributed by atoms with Crippen LogP contribution in [-0.4, -0.2) is 0 Å². The van der Waals surface area contributed by atoms with Crippen molar-refractivity contribution in [1.29, 1.82) is 0 Å². The topological polar surface area (TPSA) is 9.72 Å². The number of anilines is 9. The second kappa shape index (κ2) is 17.6. The van der Waals surface area contributed by atoms with Crippen molar-refractivity contribution in [2.75, 3.05) is 14.7 Å². The van der Waals surface area contributed by atoms with Gasteiger partial charge >= 0.3 is 0 Å². The van der Waals surface area contributed by atoms with Gasteiger partial charge in [-0.15, -0.1) is 0 Å². The van der Waals surface area contributed by atoms with Gasteiger partial charge in [-0.3, -0.25) is 0 Å². The Kier molecular flexibility index (Phi) is 11.2. The van der Waals surface area contributed by atoms with E-state index in [1.807, 2.05) is 0 Å². The van der Waals surface area contributed by atoms with Crippen molar-refractivity contribution in [2.45, 2.75) is 47.0 Å². The summed E-state index contributed by atoms with van der Waals surface area (Å²) in [6.45, 7) is 13.2. The predicted molar refractivity (Wildman–Crippen MR) is 283 cm³/mol. The van der Waals surface area contributed by atoms with E-state index >= 15 is 0 Å². The maximum absolute atomic E-state index is 2.41. The van der Waals surface area contributed by atoms with Gasteiger partial charge < -0.3 is 14.7 Å². The van der Waals surface area contributed by atoms with Crippen LogP contribution >= 0.6 is 0 Å². The first-order valence-electron chi connectivity index (χ1n) is 23.0. The zero-order chi connectivity index (χ0) is 45.4. The number of hydrogen-bond acceptors (Lipinski definition) is 3. The van der Waals surface area contributed by atoms with Crippen molar-refractivity contribution < 1.29 is 0 Å². The highest BCUT2D eigenvalue weighted by Gasteiger charge is 2.25. The lowest BCUT2D eigenvalue weighted by Crippen LogP contribution is -2.19. The molecule has 0 aliphatic heterocycles. The summed E-state index contributed by atoms with van der Waals surface area (Å²) in [5, 5.41) is 4.97. The molecule has 0 radical (unpaired) electrons. The second-order valence-electron chi connectivity index (χ2n) is 18.2. The largest absolute Gasteiger partial charge is 0.311 e. The van der Waals surface area contributed by atoms with Gasteiger partial charge in [0.2, 0.25) is 0 Å². The first kappa shape index (κ1) is 42.1. The molecule has 0 atom stereocenters. The summed E-state index contributed by atoms with van der Waals surface area (Å²) in [4.78, 5) is 7.09. The highest BCUT2D eigenvalue weighted by Crippen LogP contribution is 2.44. The van der Waals surface area contributed by atoms with Crippen LogP contribution in [0.15, 0.2) is 224 Å². The van der Waals surface area contributed by atoms with E-state index in [-0.39, 0.29) is 5.41 Å². The van der Waals surface area contributed by atoms with E-state index in [4.69, 9.17) is 0 Å². The molecule has 10 aromatic rings. The lowest BCUT2D eigenvalue weighted by atomic mass is 9.78. The van der Waals surface area contributed by atoms with Crippen LogP contribution in [0.5, 0.6) is 0 Å². The summed E-state index contributed by atoms with van der Waals surface area (Å²) >= 11 is 0. The van der Waals surface area contributed by atoms with Crippen molar-refractivity contribution in [2.24, 2.45) is 0 Å². The van der Waals surface area contributed by atoms with Gasteiger partial charge in [-0.2, -0.15) is 0 Å². The van der Waals surface area contributed by atoms with Crippen LogP contribution in [0.25, 0.3) is 21.5 Å². The summed E-state index contributed by atoms with van der Waals surface area (Å²) in [7, 11) is 0. The summed E-state index contributed by atoms with van der Waals surface area (Å²) in [6.07, 6.45) is 0. The molecule has 0 spiro atoms. The van der Waals surface area contributed by atoms with Crippen molar-refractivity contribution >= 4 is 72.7 Å². The smallest absolute Gasteiger partial charge is 0.0546 e. The van der Waals surface area contributed by atoms with Gasteiger partial charge in [0.15, 0.2) is 0 Å². The molecule has 0 N–H and O–H groups in total. The third-order valence-corrected chi connectivity index (χ3v) is 13.2. The lowest BCUT2D eigenvalue weighted by molar-refractivity contribution is 0.641. The number of aryl methyl sites for hydroxylation is 4. The zero-order valence-electron chi connectivity index (χ0n) is 38.7. The Hall–Kier alpha value is -7.88. The van der Waals surface area contributed by atoms with E-state index in [9.17, 15) is 0 Å². The maximum Gasteiger partial charge on any atom is 0.0546 e. The molecule has 0 heterocycles. The van der Waals surface area contributed by atoms with Crippen LogP contribution in [0, 0.1) is 27.7 Å². The monoisotopic (exact) mass is 853 g/mol. The quantitative estimate of drug-likeness (QED) is 0.120. The van der Waals surface area contributed by atoms with Crippen molar-refractivity contribution in [3.05, 3.63) is 258 Å². The minimum absolute atomic E-state index is 0.257. The minimum Gasteiger partial charge on any atom is -0.311 e. The molecule has 0 saturated heterocycles. The first-order chi connectivity index (χ1) is 32.1. The molecular weight excluding hydrogens is 799 g/mol. The summed E-state index contributed by atoms with van der Waals surface area (Å²) in [6, 6.07) is 82.3. The van der Waals surface area contributed by atoms with E-state index in [0.717, 1.165) is 45.5 Å². The molecule has 66 heavy (non-hydrogen) atoms. The van der Waals surface area contributed by atoms with Gasteiger partial charge in [-0.05, 0) is 158 Å². The average Bonchev–Trinajstić information content (AvgIpc) is 3.35. The minimum atomic E-state index is -0.257. The summed E-state index contributed by atoms with van der Waals surface area (Å²) < 4.78 is 0. The molecule has 3 heteroatoms. The van der Waals surface area contributed by atoms with E-state index in [2.05, 4.69) is 281 Å². The van der Waals surface area contributed by atoms with E-state index in [1.54, 1.807) is 0 Å². The average molecular weight is 854 g/mol. The van der Waals surface area contributed by atoms with Crippen LogP contribution in [0.4, 0.5) is 51.2 Å². The third kappa shape index (κ3) is 8.21. The number of benzene rings is 10. The molecule has 0 bridgehead atoms. The third-order valence-electron chi connectivity index (χ3n) is 13.2. The number of hydrogen-bond donors (Lipinski definition) is 0. The SMILES string of the molecule is Cc1ccc(N(c2ccc(C)cc2)c2ccc(N(c3ccc(C)cc3)c3ccc(C(C)(C)c4ccc(N(c5ccc(C)cc5)c5cc6ccccc6c6ccccc56)cc4)cc3)cc2)cc1. The van der Waals surface area contributed by atoms with Crippen molar-refractivity contribution in [3.63, 3.8) is 0 Å². The number of fused-ring (bicyclic) bond motifs is 3. The Balaban J connectivity index is 0.979. The van der Waals surface area contributed by atoms with Crippen molar-refractivity contribution in [3.8, 4) is 0 Å². The van der Waals surface area contributed by atoms with Crippen LogP contribution < -0.4 is 14.7 Å². The Bertz CT molecular complexity index is 3210. The Morgan fingerprint density at radius 1 is 0.273 bits per heavy atom. The fraction of sp³-hybridized carbons (Fsp3) is 0.111. The molecular formula is C63H55N3. The fourth-order valence-corrected chi connectivity index (χ4v) is 9.29. The molecule has 0 unspecified atom stereocenters. The lowest BCUT2D eigenvalue weighted by Gasteiger charge is -2.31. The summed E-state index contributed by atoms with van der Waals surface area (Å²) in [5.41, 5.74) is 17.3. The molecule has 0 aliphatic carbocycles. The van der Waals surface area contributed by atoms with E-state index < -0.39 is 0 Å². The van der Waals surface area contributed by atoms with Crippen molar-refractivity contribution in [1.82, 2.24) is 0 Å². The van der Waals surface area contributed by atoms with Gasteiger partial charge in [0, 0.05) is 56.3 Å². The predicted octanol–water partition coefficient (Wildman–Crippen LogP) is 18.0.